The van der Waals surface area contributed by atoms with Crippen molar-refractivity contribution in [3.8, 4) is 0 Å². The number of hydrogen-bond donors (Lipinski definition) is 1. The monoisotopic (exact) mass is 501 g/mol. The van der Waals surface area contributed by atoms with E-state index < -0.39 is 10.0 Å². The Kier molecular flexibility index (Phi) is 6.34. The van der Waals surface area contributed by atoms with Crippen LogP contribution in [0.1, 0.15) is 24.8 Å². The molecular weight excluding hydrogens is 486 g/mol. The molecule has 1 aromatic carbocycles. The fourth-order valence-electron chi connectivity index (χ4n) is 2.71. The van der Waals surface area contributed by atoms with Crippen LogP contribution in [0.5, 0.6) is 0 Å². The topological polar surface area (TPSA) is 46.2 Å². The lowest BCUT2D eigenvalue weighted by molar-refractivity contribution is 0.422. The van der Waals surface area contributed by atoms with Crippen molar-refractivity contribution >= 4 is 57.8 Å². The first-order chi connectivity index (χ1) is 9.85. The van der Waals surface area contributed by atoms with Crippen molar-refractivity contribution in [1.82, 2.24) is 4.72 Å². The van der Waals surface area contributed by atoms with E-state index >= 15 is 0 Å². The minimum Gasteiger partial charge on any atom is -0.211 e. The highest BCUT2D eigenvalue weighted by Crippen LogP contribution is 2.33. The summed E-state index contributed by atoms with van der Waals surface area (Å²) in [5.41, 5.74) is 0.996. The van der Waals surface area contributed by atoms with Crippen LogP contribution in [0.25, 0.3) is 0 Å². The Hall–Kier alpha value is 0.570. The van der Waals surface area contributed by atoms with E-state index in [0.29, 0.717) is 22.9 Å². The first kappa shape index (κ1) is 17.9. The Morgan fingerprint density at radius 2 is 1.86 bits per heavy atom. The minimum atomic E-state index is -3.49. The molecule has 2 rings (SSSR count). The average Bonchev–Trinajstić information content (AvgIpc) is 2.88. The van der Waals surface area contributed by atoms with E-state index in [4.69, 9.17) is 0 Å². The van der Waals surface area contributed by atoms with Crippen LogP contribution in [-0.2, 0) is 10.0 Å². The number of rotatable bonds is 5. The van der Waals surface area contributed by atoms with Crippen LogP contribution < -0.4 is 4.72 Å². The van der Waals surface area contributed by atoms with Gasteiger partial charge >= 0.3 is 0 Å². The molecule has 0 aliphatic heterocycles. The van der Waals surface area contributed by atoms with Gasteiger partial charge in [-0.25, -0.2) is 13.1 Å². The summed E-state index contributed by atoms with van der Waals surface area (Å²) in [6.07, 6.45) is 3.46. The van der Waals surface area contributed by atoms with E-state index in [2.05, 4.69) is 52.5 Å². The summed E-state index contributed by atoms with van der Waals surface area (Å²) in [4.78, 5) is 0.286. The standard InChI is InChI=1S/C14H18Br3NO2S/c1-9-5-13(17)14(6-12(9)16)21(19,20)18-8-11-4-2-3-10(11)7-15/h5-6,10-11,18H,2-4,7-8H2,1H3. The lowest BCUT2D eigenvalue weighted by atomic mass is 9.99. The third-order valence-corrected chi connectivity index (χ3v) is 8.12. The Bertz CT molecular complexity index is 619. The van der Waals surface area contributed by atoms with Gasteiger partial charge in [-0.3, -0.25) is 0 Å². The maximum atomic E-state index is 12.5. The predicted molar refractivity (Wildman–Crippen MR) is 96.4 cm³/mol. The van der Waals surface area contributed by atoms with Crippen LogP contribution in [0, 0.1) is 18.8 Å². The SMILES string of the molecule is Cc1cc(Br)c(S(=O)(=O)NCC2CCCC2CBr)cc1Br. The fourth-order valence-corrected chi connectivity index (χ4v) is 6.34. The molecule has 0 bridgehead atoms. The van der Waals surface area contributed by atoms with Crippen LogP contribution in [0.2, 0.25) is 0 Å². The van der Waals surface area contributed by atoms with Gasteiger partial charge in [0.25, 0.3) is 0 Å². The number of hydrogen-bond acceptors (Lipinski definition) is 2. The van der Waals surface area contributed by atoms with E-state index in [-0.39, 0.29) is 4.90 Å². The van der Waals surface area contributed by atoms with Crippen molar-refractivity contribution in [3.05, 3.63) is 26.6 Å². The molecule has 1 saturated carbocycles. The molecule has 0 spiro atoms. The van der Waals surface area contributed by atoms with E-state index in [1.165, 1.54) is 12.8 Å². The molecule has 21 heavy (non-hydrogen) atoms. The first-order valence-corrected chi connectivity index (χ1v) is 11.1. The van der Waals surface area contributed by atoms with E-state index in [9.17, 15) is 8.42 Å². The summed E-state index contributed by atoms with van der Waals surface area (Å²) in [6, 6.07) is 3.47. The highest BCUT2D eigenvalue weighted by Gasteiger charge is 2.28. The smallest absolute Gasteiger partial charge is 0.211 e. The Balaban J connectivity index is 2.14. The van der Waals surface area contributed by atoms with Gasteiger partial charge in [0.2, 0.25) is 10.0 Å². The molecule has 1 N–H and O–H groups in total. The highest BCUT2D eigenvalue weighted by atomic mass is 79.9. The second-order valence-electron chi connectivity index (χ2n) is 5.49. The van der Waals surface area contributed by atoms with Crippen LogP contribution in [0.4, 0.5) is 0 Å². The molecule has 0 aromatic heterocycles. The number of alkyl halides is 1. The molecule has 118 valence electrons. The molecule has 2 unspecified atom stereocenters. The molecule has 1 aromatic rings. The molecular formula is C14H18Br3NO2S. The molecule has 1 aliphatic rings. The zero-order valence-electron chi connectivity index (χ0n) is 11.7. The van der Waals surface area contributed by atoms with Gasteiger partial charge in [0.05, 0.1) is 4.90 Å². The molecule has 0 radical (unpaired) electrons. The number of nitrogens with one attached hydrogen (secondary N) is 1. The second-order valence-corrected chi connectivity index (χ2v) is 9.58. The molecule has 0 heterocycles. The maximum absolute atomic E-state index is 12.5. The molecule has 1 fully saturated rings. The zero-order chi connectivity index (χ0) is 15.6. The molecule has 1 aliphatic carbocycles. The predicted octanol–water partition coefficient (Wildman–Crippen LogP) is 4.61. The highest BCUT2D eigenvalue weighted by molar-refractivity contribution is 9.11. The van der Waals surface area contributed by atoms with E-state index in [0.717, 1.165) is 21.8 Å². The largest absolute Gasteiger partial charge is 0.241 e. The quantitative estimate of drug-likeness (QED) is 0.596. The third kappa shape index (κ3) is 4.31. The summed E-state index contributed by atoms with van der Waals surface area (Å²) in [5.74, 6) is 0.993. The van der Waals surface area contributed by atoms with E-state index in [1.54, 1.807) is 6.07 Å². The van der Waals surface area contributed by atoms with Crippen molar-refractivity contribution in [2.45, 2.75) is 31.1 Å². The normalized spacial score (nSPS) is 22.7. The lowest BCUT2D eigenvalue weighted by Crippen LogP contribution is -2.31. The van der Waals surface area contributed by atoms with Crippen LogP contribution in [0.15, 0.2) is 26.0 Å². The van der Waals surface area contributed by atoms with Crippen LogP contribution >= 0.6 is 47.8 Å². The number of aryl methyl sites for hydroxylation is 1. The van der Waals surface area contributed by atoms with Crippen molar-refractivity contribution in [3.63, 3.8) is 0 Å². The summed E-state index contributed by atoms with van der Waals surface area (Å²) in [7, 11) is -3.49. The fraction of sp³-hybridized carbons (Fsp3) is 0.571. The average molecular weight is 504 g/mol. The summed E-state index contributed by atoms with van der Waals surface area (Å²) < 4.78 is 29.2. The molecule has 0 amide bonds. The molecule has 2 atom stereocenters. The van der Waals surface area contributed by atoms with Crippen LogP contribution in [-0.4, -0.2) is 20.3 Å². The second kappa shape index (κ2) is 7.43. The Labute approximate surface area is 151 Å². The van der Waals surface area contributed by atoms with Gasteiger partial charge in [-0.05, 0) is 65.2 Å². The summed E-state index contributed by atoms with van der Waals surface area (Å²) in [6.45, 7) is 2.44. The van der Waals surface area contributed by atoms with Crippen LogP contribution in [0.3, 0.4) is 0 Å². The summed E-state index contributed by atoms with van der Waals surface area (Å²) in [5, 5.41) is 0.944. The number of benzene rings is 1. The minimum absolute atomic E-state index is 0.286. The first-order valence-electron chi connectivity index (χ1n) is 6.86. The Morgan fingerprint density at radius 3 is 2.52 bits per heavy atom. The van der Waals surface area contributed by atoms with Crippen molar-refractivity contribution in [2.75, 3.05) is 11.9 Å². The van der Waals surface area contributed by atoms with Gasteiger partial charge in [0.1, 0.15) is 0 Å². The van der Waals surface area contributed by atoms with Gasteiger partial charge < -0.3 is 0 Å². The third-order valence-electron chi connectivity index (χ3n) is 4.05. The zero-order valence-corrected chi connectivity index (χ0v) is 17.3. The van der Waals surface area contributed by atoms with Gasteiger partial charge in [-0.2, -0.15) is 0 Å². The lowest BCUT2D eigenvalue weighted by Gasteiger charge is -2.18. The van der Waals surface area contributed by atoms with Gasteiger partial charge in [0, 0.05) is 20.8 Å². The van der Waals surface area contributed by atoms with Crippen molar-refractivity contribution < 1.29 is 8.42 Å². The summed E-state index contributed by atoms with van der Waals surface area (Å²) >= 11 is 10.3. The van der Waals surface area contributed by atoms with Gasteiger partial charge in [0.15, 0.2) is 0 Å². The van der Waals surface area contributed by atoms with E-state index in [1.807, 2.05) is 13.0 Å². The number of halogens is 3. The Morgan fingerprint density at radius 1 is 1.19 bits per heavy atom. The molecule has 3 nitrogen and oxygen atoms in total. The molecule has 7 heteroatoms. The number of sulfonamides is 1. The van der Waals surface area contributed by atoms with Gasteiger partial charge in [-0.1, -0.05) is 38.3 Å². The van der Waals surface area contributed by atoms with Crippen molar-refractivity contribution in [2.24, 2.45) is 11.8 Å². The van der Waals surface area contributed by atoms with Gasteiger partial charge in [-0.15, -0.1) is 0 Å². The molecule has 0 saturated heterocycles. The maximum Gasteiger partial charge on any atom is 0.241 e. The van der Waals surface area contributed by atoms with Crippen molar-refractivity contribution in [1.29, 1.82) is 0 Å².